The first-order valence-corrected chi connectivity index (χ1v) is 20.6. The summed E-state index contributed by atoms with van der Waals surface area (Å²) >= 11 is 0. The van der Waals surface area contributed by atoms with Gasteiger partial charge in [0.15, 0.2) is 12.6 Å². The maximum atomic E-state index is 11.4. The molecule has 0 spiro atoms. The third-order valence-corrected chi connectivity index (χ3v) is 15.6. The molecule has 7 N–H and O–H groups in total. The molecule has 4 aliphatic carbocycles. The second kappa shape index (κ2) is 16.4. The van der Waals surface area contributed by atoms with Crippen molar-refractivity contribution in [1.82, 2.24) is 0 Å². The summed E-state index contributed by atoms with van der Waals surface area (Å²) < 4.78 is 23.6. The lowest BCUT2D eigenvalue weighted by atomic mass is 9.47. The van der Waals surface area contributed by atoms with E-state index in [2.05, 4.69) is 47.6 Å². The number of rotatable bonds is 12. The van der Waals surface area contributed by atoms with E-state index >= 15 is 0 Å². The maximum absolute atomic E-state index is 11.4. The lowest BCUT2D eigenvalue weighted by molar-refractivity contribution is -0.364. The monoisotopic (exact) mass is 738 g/mol. The second-order valence-electron chi connectivity index (χ2n) is 18.5. The molecule has 0 amide bonds. The molecule has 11 heteroatoms. The molecule has 0 aromatic rings. The lowest BCUT2D eigenvalue weighted by Crippen LogP contribution is -2.65. The van der Waals surface area contributed by atoms with Gasteiger partial charge in [-0.25, -0.2) is 0 Å². The van der Waals surface area contributed by atoms with Crippen LogP contribution >= 0.6 is 0 Å². The lowest BCUT2D eigenvalue weighted by Gasteiger charge is -2.58. The zero-order valence-electron chi connectivity index (χ0n) is 32.4. The highest BCUT2D eigenvalue weighted by Gasteiger charge is 2.60. The molecule has 11 nitrogen and oxygen atoms in total. The van der Waals surface area contributed by atoms with E-state index in [-0.39, 0.29) is 11.5 Å². The summed E-state index contributed by atoms with van der Waals surface area (Å²) in [5.41, 5.74) is 1.94. The van der Waals surface area contributed by atoms with Crippen molar-refractivity contribution in [2.24, 2.45) is 52.3 Å². The van der Waals surface area contributed by atoms with Gasteiger partial charge in [0.1, 0.15) is 48.8 Å². The first-order valence-electron chi connectivity index (χ1n) is 20.6. The van der Waals surface area contributed by atoms with Gasteiger partial charge in [-0.1, -0.05) is 66.0 Å². The van der Waals surface area contributed by atoms with E-state index < -0.39 is 74.6 Å². The van der Waals surface area contributed by atoms with Crippen molar-refractivity contribution in [3.05, 3.63) is 11.6 Å². The van der Waals surface area contributed by atoms with Crippen molar-refractivity contribution < 1.29 is 54.7 Å². The largest absolute Gasteiger partial charge is 0.394 e. The molecular weight excluding hydrogens is 668 g/mol. The summed E-state index contributed by atoms with van der Waals surface area (Å²) in [6, 6.07) is 0. The van der Waals surface area contributed by atoms with Crippen molar-refractivity contribution in [3.8, 4) is 0 Å². The summed E-state index contributed by atoms with van der Waals surface area (Å²) in [5, 5.41) is 72.9. The molecule has 52 heavy (non-hydrogen) atoms. The Bertz CT molecular complexity index is 1210. The maximum Gasteiger partial charge on any atom is 0.187 e. The summed E-state index contributed by atoms with van der Waals surface area (Å²) in [6.07, 6.45) is 0.466. The first kappa shape index (κ1) is 40.9. The zero-order chi connectivity index (χ0) is 37.7. The van der Waals surface area contributed by atoms with Gasteiger partial charge < -0.3 is 54.7 Å². The zero-order valence-corrected chi connectivity index (χ0v) is 32.4. The fourth-order valence-electron chi connectivity index (χ4n) is 12.3. The fraction of sp³-hybridized carbons (Fsp3) is 0.951. The molecule has 0 aromatic heterocycles. The van der Waals surface area contributed by atoms with E-state index in [9.17, 15) is 35.7 Å². The van der Waals surface area contributed by atoms with Gasteiger partial charge in [0.2, 0.25) is 0 Å². The molecule has 2 aliphatic heterocycles. The highest BCUT2D eigenvalue weighted by atomic mass is 16.7. The number of aliphatic hydroxyl groups is 7. The Kier molecular flexibility index (Phi) is 12.9. The fourth-order valence-corrected chi connectivity index (χ4v) is 12.3. The standard InChI is InChI=1S/C41H70O11/c1-7-23(21(2)3)9-8-22(4)27-12-13-28-26-11-10-24-18-25(14-16-40(24,5)29(26)15-17-41(27,28)6)49-39-36(48)37(33(45)31(20-43)51-39)52-38-35(47)34(46)32(44)30(19-42)50-38/h10,21-23,25-39,42-48H,7-9,11-20H2,1-6H3/t22-,23-,25+,26+,27-,28+,29+,30-,31-,32-,33-,34+,35-,36-,37+,38+,39-,40+,41-/m1/s1. The van der Waals surface area contributed by atoms with Crippen molar-refractivity contribution in [3.63, 3.8) is 0 Å². The molecule has 0 unspecified atom stereocenters. The number of ether oxygens (including phenoxy) is 4. The van der Waals surface area contributed by atoms with Crippen LogP contribution in [0.3, 0.4) is 0 Å². The molecule has 2 heterocycles. The third kappa shape index (κ3) is 7.44. The summed E-state index contributed by atoms with van der Waals surface area (Å²) in [5.74, 6) is 5.27. The summed E-state index contributed by atoms with van der Waals surface area (Å²) in [4.78, 5) is 0. The van der Waals surface area contributed by atoms with E-state index in [1.807, 2.05) is 0 Å². The predicted octanol–water partition coefficient (Wildman–Crippen LogP) is 3.67. The molecule has 2 saturated heterocycles. The molecule has 5 fully saturated rings. The smallest absolute Gasteiger partial charge is 0.187 e. The Morgan fingerprint density at radius 2 is 1.44 bits per heavy atom. The molecule has 6 aliphatic rings. The van der Waals surface area contributed by atoms with Gasteiger partial charge in [0, 0.05) is 0 Å². The SMILES string of the molecule is CC[C@H](CC[C@@H](C)[C@H]1CC[C@H]2[C@@H]3CC=C4C[C@@H](O[C@@H]5O[C@H](CO)[C@@H](O)[C@H](O[C@@H]6O[C@H](CO)[C@@H](O)[C@H](O)[C@H]6O)[C@H]5O)CC[C@]4(C)[C@H]3CC[C@]12C)C(C)C. The van der Waals surface area contributed by atoms with Gasteiger partial charge in [-0.3, -0.25) is 0 Å². The van der Waals surface area contributed by atoms with Crippen molar-refractivity contribution >= 4 is 0 Å². The molecular formula is C41H70O11. The number of aliphatic hydroxyl groups excluding tert-OH is 7. The molecule has 300 valence electrons. The Morgan fingerprint density at radius 1 is 0.769 bits per heavy atom. The van der Waals surface area contributed by atoms with Gasteiger partial charge in [0.25, 0.3) is 0 Å². The van der Waals surface area contributed by atoms with Gasteiger partial charge in [-0.05, 0) is 110 Å². The second-order valence-corrected chi connectivity index (χ2v) is 18.5. The molecule has 3 saturated carbocycles. The normalized spacial score (nSPS) is 49.1. The topological polar surface area (TPSA) is 179 Å². The molecule has 0 radical (unpaired) electrons. The van der Waals surface area contributed by atoms with Crippen LogP contribution in [0.5, 0.6) is 0 Å². The highest BCUT2D eigenvalue weighted by molar-refractivity contribution is 5.25. The highest BCUT2D eigenvalue weighted by Crippen LogP contribution is 2.67. The number of hydrogen-bond acceptors (Lipinski definition) is 11. The minimum Gasteiger partial charge on any atom is -0.394 e. The van der Waals surface area contributed by atoms with E-state index in [1.165, 1.54) is 50.5 Å². The molecule has 19 atom stereocenters. The number of fused-ring (bicyclic) bond motifs is 5. The van der Waals surface area contributed by atoms with Gasteiger partial charge >= 0.3 is 0 Å². The van der Waals surface area contributed by atoms with Crippen LogP contribution < -0.4 is 0 Å². The minimum atomic E-state index is -1.72. The predicted molar refractivity (Wildman–Crippen MR) is 193 cm³/mol. The average Bonchev–Trinajstić information content (AvgIpc) is 3.48. The van der Waals surface area contributed by atoms with Crippen molar-refractivity contribution in [1.29, 1.82) is 0 Å². The van der Waals surface area contributed by atoms with Crippen LogP contribution in [0.2, 0.25) is 0 Å². The Morgan fingerprint density at radius 3 is 2.10 bits per heavy atom. The Hall–Kier alpha value is -0.700. The van der Waals surface area contributed by atoms with Crippen molar-refractivity contribution in [2.75, 3.05) is 13.2 Å². The van der Waals surface area contributed by atoms with Crippen molar-refractivity contribution in [2.45, 2.75) is 180 Å². The van der Waals surface area contributed by atoms with Crippen LogP contribution in [0.15, 0.2) is 11.6 Å². The molecule has 0 bridgehead atoms. The van der Waals surface area contributed by atoms with Gasteiger partial charge in [0.05, 0.1) is 19.3 Å². The van der Waals surface area contributed by atoms with E-state index in [4.69, 9.17) is 18.9 Å². The van der Waals surface area contributed by atoms with E-state index in [0.717, 1.165) is 48.9 Å². The quantitative estimate of drug-likeness (QED) is 0.145. The van der Waals surface area contributed by atoms with Crippen LogP contribution in [-0.2, 0) is 18.9 Å². The molecule has 6 rings (SSSR count). The summed E-state index contributed by atoms with van der Waals surface area (Å²) in [6.45, 7) is 13.5. The average molecular weight is 739 g/mol. The van der Waals surface area contributed by atoms with Crippen LogP contribution in [0.4, 0.5) is 0 Å². The first-order chi connectivity index (χ1) is 24.7. The number of hydrogen-bond donors (Lipinski definition) is 7. The minimum absolute atomic E-state index is 0.101. The Labute approximate surface area is 311 Å². The Balaban J connectivity index is 1.10. The number of allylic oxidation sites excluding steroid dienone is 1. The van der Waals surface area contributed by atoms with Crippen LogP contribution in [0.1, 0.15) is 112 Å². The van der Waals surface area contributed by atoms with Gasteiger partial charge in [-0.2, -0.15) is 0 Å². The third-order valence-electron chi connectivity index (χ3n) is 15.6. The van der Waals surface area contributed by atoms with Crippen LogP contribution in [-0.4, -0.2) is 116 Å². The van der Waals surface area contributed by atoms with E-state index in [1.54, 1.807) is 0 Å². The van der Waals surface area contributed by atoms with Crippen LogP contribution in [0.25, 0.3) is 0 Å². The molecule has 0 aromatic carbocycles. The van der Waals surface area contributed by atoms with E-state index in [0.29, 0.717) is 23.7 Å². The van der Waals surface area contributed by atoms with Gasteiger partial charge in [-0.15, -0.1) is 0 Å². The summed E-state index contributed by atoms with van der Waals surface area (Å²) in [7, 11) is 0. The van der Waals surface area contributed by atoms with Crippen LogP contribution in [0, 0.1) is 52.3 Å².